The molecule has 5 N–H and O–H groups in total. The summed E-state index contributed by atoms with van der Waals surface area (Å²) in [7, 11) is -4.36. The Kier molecular flexibility index (Phi) is 3.18. The van der Waals surface area contributed by atoms with Crippen LogP contribution in [0.15, 0.2) is 23.1 Å². The molecular weight excluding hydrogens is 220 g/mol. The van der Waals surface area contributed by atoms with Gasteiger partial charge in [-0.25, -0.2) is 0 Å². The highest BCUT2D eigenvalue weighted by molar-refractivity contribution is 7.86. The SMILES string of the molecule is CC(O)Nc1ccc(N)cc1S(=O)(=O)O. The first kappa shape index (κ1) is 11.8. The summed E-state index contributed by atoms with van der Waals surface area (Å²) in [5.74, 6) is 0. The van der Waals surface area contributed by atoms with E-state index in [0.717, 1.165) is 6.07 Å². The molecule has 0 aliphatic rings. The fourth-order valence-electron chi connectivity index (χ4n) is 1.10. The number of rotatable bonds is 3. The van der Waals surface area contributed by atoms with Crippen LogP contribution in [-0.4, -0.2) is 24.3 Å². The molecule has 0 aromatic heterocycles. The third-order valence-corrected chi connectivity index (χ3v) is 2.54. The van der Waals surface area contributed by atoms with Crippen LogP contribution < -0.4 is 11.1 Å². The molecule has 7 heteroatoms. The van der Waals surface area contributed by atoms with E-state index in [1.54, 1.807) is 0 Å². The summed E-state index contributed by atoms with van der Waals surface area (Å²) in [6, 6.07) is 3.94. The average molecular weight is 232 g/mol. The van der Waals surface area contributed by atoms with E-state index in [4.69, 9.17) is 15.4 Å². The lowest BCUT2D eigenvalue weighted by Gasteiger charge is -2.12. The van der Waals surface area contributed by atoms with Gasteiger partial charge in [0.05, 0.1) is 5.69 Å². The van der Waals surface area contributed by atoms with Crippen LogP contribution in [0.5, 0.6) is 0 Å². The number of aliphatic hydroxyl groups is 1. The van der Waals surface area contributed by atoms with Crippen LogP contribution in [-0.2, 0) is 10.1 Å². The van der Waals surface area contributed by atoms with Crippen molar-refractivity contribution >= 4 is 21.5 Å². The van der Waals surface area contributed by atoms with Gasteiger partial charge in [0.1, 0.15) is 11.1 Å². The highest BCUT2D eigenvalue weighted by atomic mass is 32.2. The quantitative estimate of drug-likeness (QED) is 0.338. The molecule has 1 aromatic rings. The molecule has 15 heavy (non-hydrogen) atoms. The van der Waals surface area contributed by atoms with E-state index in [0.29, 0.717) is 0 Å². The second-order valence-corrected chi connectivity index (χ2v) is 4.44. The first-order chi connectivity index (χ1) is 6.80. The zero-order chi connectivity index (χ0) is 11.6. The van der Waals surface area contributed by atoms with Crippen molar-refractivity contribution in [2.75, 3.05) is 11.1 Å². The van der Waals surface area contributed by atoms with Crippen LogP contribution in [0.3, 0.4) is 0 Å². The Morgan fingerprint density at radius 1 is 1.47 bits per heavy atom. The van der Waals surface area contributed by atoms with Crippen molar-refractivity contribution < 1.29 is 18.1 Å². The van der Waals surface area contributed by atoms with Crippen molar-refractivity contribution in [1.29, 1.82) is 0 Å². The van der Waals surface area contributed by atoms with Crippen LogP contribution in [0.1, 0.15) is 6.92 Å². The third kappa shape index (κ3) is 3.08. The molecule has 0 saturated heterocycles. The number of hydrogen-bond acceptors (Lipinski definition) is 5. The van der Waals surface area contributed by atoms with Crippen LogP contribution in [0.4, 0.5) is 11.4 Å². The third-order valence-electron chi connectivity index (χ3n) is 1.65. The topological polar surface area (TPSA) is 113 Å². The number of nitrogens with two attached hydrogens (primary N) is 1. The first-order valence-electron chi connectivity index (χ1n) is 4.12. The summed E-state index contributed by atoms with van der Waals surface area (Å²) in [4.78, 5) is -0.358. The van der Waals surface area contributed by atoms with E-state index in [1.165, 1.54) is 19.1 Å². The standard InChI is InChI=1S/C8H12N2O4S/c1-5(11)10-7-3-2-6(9)4-8(7)15(12,13)14/h2-5,10-11H,9H2,1H3,(H,12,13,14). The van der Waals surface area contributed by atoms with E-state index >= 15 is 0 Å². The number of nitrogens with one attached hydrogen (secondary N) is 1. The molecule has 1 aromatic carbocycles. The Labute approximate surface area is 87.5 Å². The largest absolute Gasteiger partial charge is 0.399 e. The van der Waals surface area contributed by atoms with Crippen molar-refractivity contribution in [3.8, 4) is 0 Å². The zero-order valence-electron chi connectivity index (χ0n) is 8.01. The van der Waals surface area contributed by atoms with Gasteiger partial charge in [-0.1, -0.05) is 0 Å². The molecule has 0 heterocycles. The summed E-state index contributed by atoms with van der Waals surface area (Å²) in [6.45, 7) is 1.42. The fraction of sp³-hybridized carbons (Fsp3) is 0.250. The van der Waals surface area contributed by atoms with Gasteiger partial charge in [-0.3, -0.25) is 4.55 Å². The summed E-state index contributed by atoms with van der Waals surface area (Å²) < 4.78 is 30.8. The Morgan fingerprint density at radius 2 is 2.07 bits per heavy atom. The van der Waals surface area contributed by atoms with E-state index in [-0.39, 0.29) is 16.3 Å². The van der Waals surface area contributed by atoms with Crippen molar-refractivity contribution in [2.45, 2.75) is 18.0 Å². The summed E-state index contributed by atoms with van der Waals surface area (Å²) >= 11 is 0. The van der Waals surface area contributed by atoms with Gasteiger partial charge in [-0.2, -0.15) is 8.42 Å². The van der Waals surface area contributed by atoms with Gasteiger partial charge >= 0.3 is 0 Å². The maximum Gasteiger partial charge on any atom is 0.296 e. The molecule has 84 valence electrons. The van der Waals surface area contributed by atoms with Gasteiger partial charge < -0.3 is 16.2 Å². The molecule has 0 radical (unpaired) electrons. The highest BCUT2D eigenvalue weighted by Gasteiger charge is 2.16. The Morgan fingerprint density at radius 3 is 2.53 bits per heavy atom. The van der Waals surface area contributed by atoms with Crippen molar-refractivity contribution in [2.24, 2.45) is 0 Å². The molecule has 0 amide bonds. The molecule has 1 rings (SSSR count). The molecule has 0 bridgehead atoms. The van der Waals surface area contributed by atoms with Crippen LogP contribution in [0, 0.1) is 0 Å². The Bertz CT molecular complexity index is 456. The molecule has 0 aliphatic heterocycles. The molecule has 1 unspecified atom stereocenters. The average Bonchev–Trinajstić information content (AvgIpc) is 2.05. The lowest BCUT2D eigenvalue weighted by Crippen LogP contribution is -2.16. The minimum absolute atomic E-state index is 0.0988. The first-order valence-corrected chi connectivity index (χ1v) is 5.56. The molecule has 6 nitrogen and oxygen atoms in total. The summed E-state index contributed by atoms with van der Waals surface area (Å²) in [5.41, 5.74) is 5.70. The number of aliphatic hydroxyl groups excluding tert-OH is 1. The molecule has 0 aliphatic carbocycles. The van der Waals surface area contributed by atoms with Crippen LogP contribution in [0.25, 0.3) is 0 Å². The highest BCUT2D eigenvalue weighted by Crippen LogP contribution is 2.23. The predicted molar refractivity (Wildman–Crippen MR) is 56.0 cm³/mol. The maximum absolute atomic E-state index is 11.0. The van der Waals surface area contributed by atoms with Crippen molar-refractivity contribution in [3.63, 3.8) is 0 Å². The van der Waals surface area contributed by atoms with Gasteiger partial charge in [-0.05, 0) is 25.1 Å². The smallest absolute Gasteiger partial charge is 0.296 e. The lowest BCUT2D eigenvalue weighted by molar-refractivity contribution is 0.224. The predicted octanol–water partition coefficient (Wildman–Crippen LogP) is 0.266. The van der Waals surface area contributed by atoms with Crippen molar-refractivity contribution in [3.05, 3.63) is 18.2 Å². The number of hydrogen-bond donors (Lipinski definition) is 4. The molecule has 0 spiro atoms. The van der Waals surface area contributed by atoms with Gasteiger partial charge in [0, 0.05) is 5.69 Å². The monoisotopic (exact) mass is 232 g/mol. The number of benzene rings is 1. The normalized spacial score (nSPS) is 13.5. The lowest BCUT2D eigenvalue weighted by atomic mass is 10.3. The van der Waals surface area contributed by atoms with Crippen molar-refractivity contribution in [1.82, 2.24) is 0 Å². The maximum atomic E-state index is 11.0. The number of nitrogen functional groups attached to an aromatic ring is 1. The molecule has 0 fully saturated rings. The Hall–Kier alpha value is -1.31. The van der Waals surface area contributed by atoms with E-state index in [2.05, 4.69) is 5.32 Å². The zero-order valence-corrected chi connectivity index (χ0v) is 8.82. The number of anilines is 2. The second kappa shape index (κ2) is 4.05. The summed E-state index contributed by atoms with van der Waals surface area (Å²) in [6.07, 6.45) is -0.936. The van der Waals surface area contributed by atoms with Gasteiger partial charge in [0.25, 0.3) is 10.1 Å². The van der Waals surface area contributed by atoms with Crippen LogP contribution >= 0.6 is 0 Å². The van der Waals surface area contributed by atoms with Gasteiger partial charge in [0.15, 0.2) is 0 Å². The van der Waals surface area contributed by atoms with E-state index < -0.39 is 16.3 Å². The summed E-state index contributed by atoms with van der Waals surface area (Å²) in [5, 5.41) is 11.5. The van der Waals surface area contributed by atoms with E-state index in [9.17, 15) is 8.42 Å². The second-order valence-electron chi connectivity index (χ2n) is 3.05. The van der Waals surface area contributed by atoms with Gasteiger partial charge in [-0.15, -0.1) is 0 Å². The van der Waals surface area contributed by atoms with Gasteiger partial charge in [0.2, 0.25) is 0 Å². The minimum Gasteiger partial charge on any atom is -0.399 e. The Balaban J connectivity index is 3.27. The molecular formula is C8H12N2O4S. The fourth-order valence-corrected chi connectivity index (χ4v) is 1.79. The molecule has 0 saturated carbocycles. The van der Waals surface area contributed by atoms with E-state index in [1.807, 2.05) is 0 Å². The molecule has 1 atom stereocenters. The van der Waals surface area contributed by atoms with Crippen LogP contribution in [0.2, 0.25) is 0 Å². The minimum atomic E-state index is -4.36.